The minimum absolute atomic E-state index is 0.323. The highest BCUT2D eigenvalue weighted by molar-refractivity contribution is 7.89. The van der Waals surface area contributed by atoms with E-state index >= 15 is 0 Å². The van der Waals surface area contributed by atoms with Crippen molar-refractivity contribution in [3.63, 3.8) is 0 Å². The van der Waals surface area contributed by atoms with E-state index in [4.69, 9.17) is 0 Å². The summed E-state index contributed by atoms with van der Waals surface area (Å²) in [5, 5.41) is 0. The lowest BCUT2D eigenvalue weighted by Gasteiger charge is -2.21. The van der Waals surface area contributed by atoms with Crippen LogP contribution in [-0.2, 0) is 10.0 Å². The zero-order chi connectivity index (χ0) is 14.5. The van der Waals surface area contributed by atoms with Crippen molar-refractivity contribution in [1.82, 2.24) is 4.31 Å². The average Bonchev–Trinajstić information content (AvgIpc) is 2.34. The number of hydrogen-bond acceptors (Lipinski definition) is 2. The van der Waals surface area contributed by atoms with E-state index in [1.807, 2.05) is 13.8 Å². The van der Waals surface area contributed by atoms with Gasteiger partial charge in [-0.15, -0.1) is 6.58 Å². The van der Waals surface area contributed by atoms with E-state index in [-0.39, 0.29) is 0 Å². The maximum absolute atomic E-state index is 12.5. The molecule has 1 aromatic carbocycles. The van der Waals surface area contributed by atoms with Gasteiger partial charge in [0.25, 0.3) is 0 Å². The van der Waals surface area contributed by atoms with Gasteiger partial charge in [-0.05, 0) is 32.4 Å². The van der Waals surface area contributed by atoms with Crippen LogP contribution < -0.4 is 0 Å². The van der Waals surface area contributed by atoms with Crippen molar-refractivity contribution in [1.29, 1.82) is 0 Å². The van der Waals surface area contributed by atoms with Crippen LogP contribution in [-0.4, -0.2) is 25.8 Å². The van der Waals surface area contributed by atoms with Gasteiger partial charge in [-0.1, -0.05) is 35.9 Å². The van der Waals surface area contributed by atoms with Crippen molar-refractivity contribution < 1.29 is 8.42 Å². The molecule has 0 aliphatic heterocycles. The first-order valence-corrected chi connectivity index (χ1v) is 7.64. The number of hydrogen-bond donors (Lipinski definition) is 0. The summed E-state index contributed by atoms with van der Waals surface area (Å²) in [5.41, 5.74) is 1.86. The molecule has 0 heterocycles. The van der Waals surface area contributed by atoms with Gasteiger partial charge in [0.2, 0.25) is 10.0 Å². The summed E-state index contributed by atoms with van der Waals surface area (Å²) in [7, 11) is -3.46. The third-order valence-corrected chi connectivity index (χ3v) is 4.55. The molecule has 0 aromatic heterocycles. The smallest absolute Gasteiger partial charge is 0.207 e. The summed E-state index contributed by atoms with van der Waals surface area (Å²) >= 11 is 0. The Labute approximate surface area is 116 Å². The number of sulfonamides is 1. The maximum atomic E-state index is 12.5. The van der Waals surface area contributed by atoms with Crippen molar-refractivity contribution in [2.24, 2.45) is 0 Å². The summed E-state index contributed by atoms with van der Waals surface area (Å²) < 4.78 is 26.5. The molecule has 0 saturated carbocycles. The molecular weight excluding hydrogens is 258 g/mol. The molecule has 19 heavy (non-hydrogen) atoms. The Morgan fingerprint density at radius 2 is 1.89 bits per heavy atom. The van der Waals surface area contributed by atoms with Gasteiger partial charge in [0.15, 0.2) is 0 Å². The molecule has 0 fully saturated rings. The quantitative estimate of drug-likeness (QED) is 0.719. The highest BCUT2D eigenvalue weighted by atomic mass is 32.2. The molecular formula is C15H21NO2S. The van der Waals surface area contributed by atoms with Gasteiger partial charge < -0.3 is 0 Å². The molecule has 0 N–H and O–H groups in total. The standard InChI is InChI=1S/C15H21NO2S/c1-5-6-11-16(12-13(2)3)19(17,18)15-9-7-14(4)8-10-15/h5,7-10H,1-2,6,11-12H2,3-4H3. The molecule has 1 rings (SSSR count). The number of nitrogens with zero attached hydrogens (tertiary/aromatic N) is 1. The zero-order valence-electron chi connectivity index (χ0n) is 11.6. The van der Waals surface area contributed by atoms with Gasteiger partial charge in [-0.3, -0.25) is 0 Å². The Bertz CT molecular complexity index is 544. The van der Waals surface area contributed by atoms with Gasteiger partial charge in [0.1, 0.15) is 0 Å². The van der Waals surface area contributed by atoms with Crippen molar-refractivity contribution in [3.8, 4) is 0 Å². The van der Waals surface area contributed by atoms with Gasteiger partial charge in [-0.25, -0.2) is 8.42 Å². The van der Waals surface area contributed by atoms with E-state index < -0.39 is 10.0 Å². The molecule has 3 nitrogen and oxygen atoms in total. The Morgan fingerprint density at radius 1 is 1.32 bits per heavy atom. The molecule has 0 saturated heterocycles. The molecule has 4 heteroatoms. The van der Waals surface area contributed by atoms with Gasteiger partial charge in [-0.2, -0.15) is 4.31 Å². The molecule has 0 bridgehead atoms. The topological polar surface area (TPSA) is 37.4 Å². The highest BCUT2D eigenvalue weighted by Gasteiger charge is 2.23. The monoisotopic (exact) mass is 279 g/mol. The molecule has 0 unspecified atom stereocenters. The fraction of sp³-hybridized carbons (Fsp3) is 0.333. The van der Waals surface area contributed by atoms with Crippen LogP contribution in [0.1, 0.15) is 18.9 Å². The summed E-state index contributed by atoms with van der Waals surface area (Å²) in [6.07, 6.45) is 2.34. The van der Waals surface area contributed by atoms with Crippen LogP contribution in [0.3, 0.4) is 0 Å². The normalized spacial score (nSPS) is 11.5. The minimum Gasteiger partial charge on any atom is -0.207 e. The van der Waals surface area contributed by atoms with E-state index in [2.05, 4.69) is 13.2 Å². The Kier molecular flexibility index (Phi) is 5.51. The van der Waals surface area contributed by atoms with Crippen molar-refractivity contribution in [2.45, 2.75) is 25.2 Å². The summed E-state index contributed by atoms with van der Waals surface area (Å²) in [6.45, 7) is 11.9. The first-order chi connectivity index (χ1) is 8.87. The average molecular weight is 279 g/mol. The zero-order valence-corrected chi connectivity index (χ0v) is 12.4. The summed E-state index contributed by atoms with van der Waals surface area (Å²) in [4.78, 5) is 0.323. The first-order valence-electron chi connectivity index (χ1n) is 6.20. The highest BCUT2D eigenvalue weighted by Crippen LogP contribution is 2.17. The van der Waals surface area contributed by atoms with Crippen LogP contribution in [0.5, 0.6) is 0 Å². The van der Waals surface area contributed by atoms with Crippen LogP contribution >= 0.6 is 0 Å². The molecule has 1 aromatic rings. The third-order valence-electron chi connectivity index (χ3n) is 2.69. The predicted octanol–water partition coefficient (Wildman–Crippen LogP) is 3.14. The molecule has 0 aliphatic rings. The lowest BCUT2D eigenvalue weighted by atomic mass is 10.2. The van der Waals surface area contributed by atoms with E-state index in [0.29, 0.717) is 24.4 Å². The SMILES string of the molecule is C=CCCN(CC(=C)C)S(=O)(=O)c1ccc(C)cc1. The van der Waals surface area contributed by atoms with Gasteiger partial charge >= 0.3 is 0 Å². The van der Waals surface area contributed by atoms with E-state index in [1.165, 1.54) is 4.31 Å². The van der Waals surface area contributed by atoms with E-state index in [0.717, 1.165) is 11.1 Å². The Morgan fingerprint density at radius 3 is 2.37 bits per heavy atom. The second kappa shape index (κ2) is 6.68. The number of rotatable bonds is 7. The molecule has 104 valence electrons. The van der Waals surface area contributed by atoms with Crippen LogP contribution in [0.4, 0.5) is 0 Å². The van der Waals surface area contributed by atoms with Gasteiger partial charge in [0.05, 0.1) is 4.90 Å². The minimum atomic E-state index is -3.46. The van der Waals surface area contributed by atoms with Gasteiger partial charge in [0, 0.05) is 13.1 Å². The maximum Gasteiger partial charge on any atom is 0.243 e. The van der Waals surface area contributed by atoms with E-state index in [1.54, 1.807) is 30.3 Å². The first kappa shape index (κ1) is 15.7. The van der Waals surface area contributed by atoms with Crippen LogP contribution in [0, 0.1) is 6.92 Å². The summed E-state index contributed by atoms with van der Waals surface area (Å²) in [5.74, 6) is 0. The van der Waals surface area contributed by atoms with E-state index in [9.17, 15) is 8.42 Å². The Balaban J connectivity index is 3.07. The molecule has 0 aliphatic carbocycles. The Hall–Kier alpha value is -1.39. The van der Waals surface area contributed by atoms with Crippen LogP contribution in [0.15, 0.2) is 54.0 Å². The number of aryl methyl sites for hydroxylation is 1. The van der Waals surface area contributed by atoms with Crippen molar-refractivity contribution in [2.75, 3.05) is 13.1 Å². The van der Waals surface area contributed by atoms with Crippen molar-refractivity contribution in [3.05, 3.63) is 54.6 Å². The molecule has 0 amide bonds. The second-order valence-corrected chi connectivity index (χ2v) is 6.62. The molecule has 0 spiro atoms. The molecule has 0 atom stereocenters. The lowest BCUT2D eigenvalue weighted by molar-refractivity contribution is 0.441. The van der Waals surface area contributed by atoms with Crippen LogP contribution in [0.2, 0.25) is 0 Å². The molecule has 0 radical (unpaired) electrons. The van der Waals surface area contributed by atoms with Crippen LogP contribution in [0.25, 0.3) is 0 Å². The summed E-state index contributed by atoms with van der Waals surface area (Å²) in [6, 6.07) is 6.90. The third kappa shape index (κ3) is 4.33. The number of benzene rings is 1. The fourth-order valence-corrected chi connectivity index (χ4v) is 3.19. The second-order valence-electron chi connectivity index (χ2n) is 4.69. The fourth-order valence-electron chi connectivity index (χ4n) is 1.68. The van der Waals surface area contributed by atoms with Crippen molar-refractivity contribution >= 4 is 10.0 Å². The largest absolute Gasteiger partial charge is 0.243 e. The predicted molar refractivity (Wildman–Crippen MR) is 79.6 cm³/mol. The lowest BCUT2D eigenvalue weighted by Crippen LogP contribution is -2.33.